The molecule has 2 N–H and O–H groups in total. The quantitative estimate of drug-likeness (QED) is 0.208. The monoisotopic (exact) mass is 524 g/mol. The van der Waals surface area contributed by atoms with Crippen LogP contribution in [0, 0.1) is 5.82 Å². The van der Waals surface area contributed by atoms with E-state index < -0.39 is 11.9 Å². The molecule has 0 atom stereocenters. The first kappa shape index (κ1) is 25.2. The minimum Gasteiger partial charge on any atom is -0.381 e. The second-order valence-corrected chi connectivity index (χ2v) is 9.15. The van der Waals surface area contributed by atoms with E-state index in [9.17, 15) is 17.6 Å². The Balaban J connectivity index is 1.50. The van der Waals surface area contributed by atoms with E-state index >= 15 is 0 Å². The molecule has 0 spiro atoms. The minimum atomic E-state index is -4.68. The minimum absolute atomic E-state index is 0.0102. The number of anilines is 1. The number of ether oxygens (including phenoxy) is 1. The molecule has 1 aliphatic heterocycles. The van der Waals surface area contributed by atoms with Gasteiger partial charge in [-0.05, 0) is 60.6 Å². The van der Waals surface area contributed by atoms with Crippen LogP contribution >= 0.6 is 24.0 Å². The average molecular weight is 525 g/mol. The maximum absolute atomic E-state index is 13.4. The largest absolute Gasteiger partial charge is 0.433 e. The van der Waals surface area contributed by atoms with Crippen molar-refractivity contribution in [3.63, 3.8) is 0 Å². The number of halogens is 4. The van der Waals surface area contributed by atoms with Gasteiger partial charge in [0.05, 0.1) is 0 Å². The fraction of sp³-hybridized carbons (Fsp3) is 0.318. The van der Waals surface area contributed by atoms with Gasteiger partial charge in [-0.15, -0.1) is 0 Å². The number of nitrogens with zero attached hydrogens (tertiary/aromatic N) is 4. The van der Waals surface area contributed by atoms with Gasteiger partial charge in [-0.25, -0.2) is 24.3 Å². The first-order valence-electron chi connectivity index (χ1n) is 10.5. The fourth-order valence-corrected chi connectivity index (χ4v) is 4.52. The third kappa shape index (κ3) is 6.61. The summed E-state index contributed by atoms with van der Waals surface area (Å²) in [4.78, 5) is 15.7. The van der Waals surface area contributed by atoms with Gasteiger partial charge in [-0.2, -0.15) is 13.2 Å². The van der Waals surface area contributed by atoms with Crippen LogP contribution in [0.15, 0.2) is 59.0 Å². The molecule has 35 heavy (non-hydrogen) atoms. The molecule has 1 aromatic carbocycles. The van der Waals surface area contributed by atoms with Crippen LogP contribution in [-0.4, -0.2) is 44.8 Å². The van der Waals surface area contributed by atoms with E-state index in [1.54, 1.807) is 18.2 Å². The van der Waals surface area contributed by atoms with Crippen LogP contribution in [-0.2, 0) is 16.3 Å². The lowest BCUT2D eigenvalue weighted by molar-refractivity contribution is -0.141. The number of alkyl halides is 3. The molecule has 0 radical (unpaired) electrons. The predicted octanol–water partition coefficient (Wildman–Crippen LogP) is 4.61. The number of rotatable bonds is 6. The molecule has 13 heteroatoms. The lowest BCUT2D eigenvalue weighted by Crippen LogP contribution is -2.45. The molecule has 4 rings (SSSR count). The zero-order chi connectivity index (χ0) is 24.9. The van der Waals surface area contributed by atoms with Crippen LogP contribution in [0.4, 0.5) is 23.5 Å². The molecule has 1 aliphatic rings. The Bertz CT molecular complexity index is 1160. The molecule has 0 unspecified atom stereocenters. The van der Waals surface area contributed by atoms with Crippen LogP contribution in [0.1, 0.15) is 24.1 Å². The highest BCUT2D eigenvalue weighted by atomic mass is 32.2. The zero-order valence-electron chi connectivity index (χ0n) is 18.2. The highest BCUT2D eigenvalue weighted by Gasteiger charge is 2.35. The van der Waals surface area contributed by atoms with Gasteiger partial charge in [0.15, 0.2) is 16.0 Å². The SMILES string of the molecule is Fc1ccc(C2(CNC(=S)Nc3nc(Sc4ncccn4)cc(C(F)(F)F)n3)CCOCC2)cc1. The van der Waals surface area contributed by atoms with Gasteiger partial charge in [0.2, 0.25) is 5.95 Å². The van der Waals surface area contributed by atoms with Crippen molar-refractivity contribution in [2.45, 2.75) is 34.6 Å². The Morgan fingerprint density at radius 2 is 1.77 bits per heavy atom. The summed E-state index contributed by atoms with van der Waals surface area (Å²) in [6.07, 6.45) is -0.381. The second-order valence-electron chi connectivity index (χ2n) is 7.75. The van der Waals surface area contributed by atoms with Crippen molar-refractivity contribution in [3.8, 4) is 0 Å². The average Bonchev–Trinajstić information content (AvgIpc) is 2.84. The maximum atomic E-state index is 13.4. The number of hydrogen-bond acceptors (Lipinski definition) is 7. The lowest BCUT2D eigenvalue weighted by atomic mass is 9.74. The standard InChI is InChI=1S/C22H20F4N6OS2/c23-15-4-2-14(3-5-15)21(6-10-33-11-7-21)13-29-19(34)32-18-30-16(22(24,25)26)12-17(31-18)35-20-27-8-1-9-28-20/h1-5,8-9,12H,6-7,10-11,13H2,(H2,29,30,31,32,34). The topological polar surface area (TPSA) is 84.9 Å². The van der Waals surface area contributed by atoms with Crippen LogP contribution in [0.3, 0.4) is 0 Å². The Morgan fingerprint density at radius 1 is 1.09 bits per heavy atom. The van der Waals surface area contributed by atoms with Crippen molar-refractivity contribution in [3.05, 3.63) is 65.9 Å². The molecular formula is C22H20F4N6OS2. The Hall–Kier alpha value is -2.90. The van der Waals surface area contributed by atoms with E-state index in [0.29, 0.717) is 32.6 Å². The van der Waals surface area contributed by atoms with E-state index in [1.807, 2.05) is 0 Å². The van der Waals surface area contributed by atoms with Gasteiger partial charge in [-0.3, -0.25) is 0 Å². The van der Waals surface area contributed by atoms with Crippen LogP contribution in [0.2, 0.25) is 0 Å². The summed E-state index contributed by atoms with van der Waals surface area (Å²) < 4.78 is 59.2. The summed E-state index contributed by atoms with van der Waals surface area (Å²) >= 11 is 6.20. The first-order valence-corrected chi connectivity index (χ1v) is 11.8. The lowest BCUT2D eigenvalue weighted by Gasteiger charge is -2.38. The highest BCUT2D eigenvalue weighted by molar-refractivity contribution is 7.99. The normalized spacial score (nSPS) is 15.4. The molecule has 3 heterocycles. The van der Waals surface area contributed by atoms with Gasteiger partial charge < -0.3 is 15.4 Å². The van der Waals surface area contributed by atoms with E-state index in [4.69, 9.17) is 17.0 Å². The van der Waals surface area contributed by atoms with Gasteiger partial charge in [0, 0.05) is 43.6 Å². The molecule has 0 bridgehead atoms. The maximum Gasteiger partial charge on any atom is 0.433 e. The van der Waals surface area contributed by atoms with Crippen molar-refractivity contribution >= 4 is 35.0 Å². The fourth-order valence-electron chi connectivity index (χ4n) is 3.64. The molecule has 0 aliphatic carbocycles. The van der Waals surface area contributed by atoms with Crippen LogP contribution < -0.4 is 10.6 Å². The third-order valence-electron chi connectivity index (χ3n) is 5.45. The second kappa shape index (κ2) is 10.8. The molecule has 7 nitrogen and oxygen atoms in total. The summed E-state index contributed by atoms with van der Waals surface area (Å²) in [5, 5.41) is 6.02. The zero-order valence-corrected chi connectivity index (χ0v) is 19.8. The van der Waals surface area contributed by atoms with Crippen molar-refractivity contribution < 1.29 is 22.3 Å². The number of aromatic nitrogens is 4. The molecule has 0 amide bonds. The van der Waals surface area contributed by atoms with E-state index in [0.717, 1.165) is 23.4 Å². The molecule has 1 saturated heterocycles. The summed E-state index contributed by atoms with van der Waals surface area (Å²) in [5.41, 5.74) is -0.573. The third-order valence-corrected chi connectivity index (χ3v) is 6.51. The van der Waals surface area contributed by atoms with Crippen molar-refractivity contribution in [1.29, 1.82) is 0 Å². The summed E-state index contributed by atoms with van der Waals surface area (Å²) in [6.45, 7) is 1.42. The molecular weight excluding hydrogens is 504 g/mol. The number of thiocarbonyl (C=S) groups is 1. The van der Waals surface area contributed by atoms with Gasteiger partial charge >= 0.3 is 6.18 Å². The van der Waals surface area contributed by atoms with Crippen LogP contribution in [0.5, 0.6) is 0 Å². The summed E-state index contributed by atoms with van der Waals surface area (Å²) in [6, 6.07) is 8.67. The number of hydrogen-bond donors (Lipinski definition) is 2. The highest BCUT2D eigenvalue weighted by Crippen LogP contribution is 2.35. The number of benzene rings is 1. The predicted molar refractivity (Wildman–Crippen MR) is 126 cm³/mol. The van der Waals surface area contributed by atoms with E-state index in [-0.39, 0.29) is 32.5 Å². The van der Waals surface area contributed by atoms with Gasteiger partial charge in [0.1, 0.15) is 10.8 Å². The first-order chi connectivity index (χ1) is 16.7. The number of nitrogens with one attached hydrogen (secondary N) is 2. The Morgan fingerprint density at radius 3 is 2.43 bits per heavy atom. The van der Waals surface area contributed by atoms with E-state index in [2.05, 4.69) is 30.6 Å². The summed E-state index contributed by atoms with van der Waals surface area (Å²) in [7, 11) is 0. The van der Waals surface area contributed by atoms with Crippen LogP contribution in [0.25, 0.3) is 0 Å². The molecule has 3 aromatic rings. The molecule has 0 saturated carbocycles. The Labute approximate surface area is 208 Å². The van der Waals surface area contributed by atoms with Crippen molar-refractivity contribution in [1.82, 2.24) is 25.3 Å². The van der Waals surface area contributed by atoms with Crippen molar-refractivity contribution in [2.24, 2.45) is 0 Å². The molecule has 2 aromatic heterocycles. The van der Waals surface area contributed by atoms with Gasteiger partial charge in [0.25, 0.3) is 0 Å². The molecule has 1 fully saturated rings. The summed E-state index contributed by atoms with van der Waals surface area (Å²) in [5.74, 6) is -0.643. The smallest absolute Gasteiger partial charge is 0.381 e. The van der Waals surface area contributed by atoms with Crippen molar-refractivity contribution in [2.75, 3.05) is 25.1 Å². The molecule has 184 valence electrons. The van der Waals surface area contributed by atoms with E-state index in [1.165, 1.54) is 24.5 Å². The van der Waals surface area contributed by atoms with Gasteiger partial charge in [-0.1, -0.05) is 12.1 Å². The Kier molecular flexibility index (Phi) is 7.77.